The maximum Gasteiger partial charge on any atom is 0.193 e. The van der Waals surface area contributed by atoms with Crippen molar-refractivity contribution < 1.29 is 28.8 Å². The van der Waals surface area contributed by atoms with Crippen LogP contribution in [0.2, 0.25) is 0 Å². The maximum atomic E-state index is 13.3. The molecule has 7 nitrogen and oxygen atoms in total. The summed E-state index contributed by atoms with van der Waals surface area (Å²) >= 11 is 3.43. The summed E-state index contributed by atoms with van der Waals surface area (Å²) in [4.78, 5) is 15.3. The molecule has 0 unspecified atom stereocenters. The lowest BCUT2D eigenvalue weighted by molar-refractivity contribution is 0.0444. The van der Waals surface area contributed by atoms with Gasteiger partial charge in [-0.15, -0.1) is 0 Å². The number of carbonyl (C=O) groups is 1. The predicted octanol–water partition coefficient (Wildman–Crippen LogP) is 5.65. The Morgan fingerprint density at radius 3 is 2.31 bits per heavy atom. The number of carbonyl (C=O) groups excluding carboxylic acids is 1. The minimum atomic E-state index is -0.413. The summed E-state index contributed by atoms with van der Waals surface area (Å²) in [5, 5.41) is 11.3. The second kappa shape index (κ2) is 13.8. The fourth-order valence-electron chi connectivity index (χ4n) is 3.63. The van der Waals surface area contributed by atoms with Gasteiger partial charge < -0.3 is 24.1 Å². The first-order valence-corrected chi connectivity index (χ1v) is 12.0. The molecule has 3 rings (SSSR count). The minimum absolute atomic E-state index is 0.0331. The normalized spacial score (nSPS) is 11.2. The molecule has 0 aliphatic carbocycles. The van der Waals surface area contributed by atoms with E-state index in [0.717, 1.165) is 15.6 Å². The molecule has 3 aromatic carbocycles. The molecule has 0 bridgehead atoms. The third-order valence-corrected chi connectivity index (χ3v) is 5.73. The van der Waals surface area contributed by atoms with Crippen molar-refractivity contribution >= 4 is 27.8 Å². The Hall–Kier alpha value is -3.17. The second-order valence-corrected chi connectivity index (χ2v) is 9.00. The fraction of sp³-hybridized carbons (Fsp3) is 0.250. The van der Waals surface area contributed by atoms with E-state index >= 15 is 0 Å². The number of hydrogen-bond acceptors (Lipinski definition) is 7. The highest BCUT2D eigenvalue weighted by atomic mass is 79.9. The molecule has 36 heavy (non-hydrogen) atoms. The van der Waals surface area contributed by atoms with Gasteiger partial charge in [0.15, 0.2) is 19.4 Å². The summed E-state index contributed by atoms with van der Waals surface area (Å²) in [6.07, 6.45) is 3.09. The van der Waals surface area contributed by atoms with Crippen LogP contribution in [0.15, 0.2) is 71.2 Å². The van der Waals surface area contributed by atoms with Gasteiger partial charge in [0.1, 0.15) is 22.8 Å². The summed E-state index contributed by atoms with van der Waals surface area (Å²) in [7, 11) is 4.91. The van der Waals surface area contributed by atoms with Crippen molar-refractivity contribution in [3.05, 3.63) is 93.5 Å². The van der Waals surface area contributed by atoms with Crippen molar-refractivity contribution in [1.82, 2.24) is 4.90 Å². The van der Waals surface area contributed by atoms with Gasteiger partial charge >= 0.3 is 0 Å². The van der Waals surface area contributed by atoms with Crippen LogP contribution in [0.1, 0.15) is 27.0 Å². The average Bonchev–Trinajstić information content (AvgIpc) is 2.87. The zero-order chi connectivity index (χ0) is 25.9. The third-order valence-electron chi connectivity index (χ3n) is 5.24. The molecule has 0 amide bonds. The Bertz CT molecular complexity index is 1180. The number of rotatable bonds is 13. The molecule has 1 N–H and O–H groups in total. The fourth-order valence-corrected chi connectivity index (χ4v) is 4.04. The van der Waals surface area contributed by atoms with E-state index in [2.05, 4.69) is 15.9 Å². The lowest BCUT2D eigenvalue weighted by Gasteiger charge is -2.22. The minimum Gasteiger partial charge on any atom is -0.507 e. The standard InChI is InChI=1S/C28H30BrNO6/c1-30(16-21-8-5-4-6-9-21)17-23-25(35-18-33-2)15-26(36-19-34-3)27(28(23)32)24(31)13-12-20-10-7-11-22(29)14-20/h4-15,32H,16-19H2,1-3H3/b13-12+. The molecule has 0 aliphatic rings. The van der Waals surface area contributed by atoms with Crippen LogP contribution >= 0.6 is 15.9 Å². The molecule has 0 saturated heterocycles. The van der Waals surface area contributed by atoms with Crippen LogP contribution in [0.25, 0.3) is 6.08 Å². The van der Waals surface area contributed by atoms with Crippen LogP contribution in [0.3, 0.4) is 0 Å². The summed E-state index contributed by atoms with van der Waals surface area (Å²) in [5.41, 5.74) is 2.44. The zero-order valence-corrected chi connectivity index (χ0v) is 22.2. The monoisotopic (exact) mass is 555 g/mol. The predicted molar refractivity (Wildman–Crippen MR) is 142 cm³/mol. The van der Waals surface area contributed by atoms with E-state index in [-0.39, 0.29) is 30.6 Å². The molecule has 190 valence electrons. The number of benzene rings is 3. The van der Waals surface area contributed by atoms with E-state index in [4.69, 9.17) is 18.9 Å². The summed E-state index contributed by atoms with van der Waals surface area (Å²) in [6.45, 7) is 0.818. The van der Waals surface area contributed by atoms with Gasteiger partial charge in [0.05, 0.1) is 5.56 Å². The quantitative estimate of drug-likeness (QED) is 0.166. The molecule has 0 spiro atoms. The van der Waals surface area contributed by atoms with Gasteiger partial charge in [-0.3, -0.25) is 9.69 Å². The van der Waals surface area contributed by atoms with Crippen LogP contribution in [-0.4, -0.2) is 50.6 Å². The Morgan fingerprint density at radius 2 is 1.64 bits per heavy atom. The van der Waals surface area contributed by atoms with Crippen LogP contribution in [0, 0.1) is 0 Å². The lowest BCUT2D eigenvalue weighted by Crippen LogP contribution is -2.19. The van der Waals surface area contributed by atoms with Crippen molar-refractivity contribution in [2.75, 3.05) is 34.9 Å². The van der Waals surface area contributed by atoms with Gasteiger partial charge in [0.25, 0.3) is 0 Å². The maximum absolute atomic E-state index is 13.3. The molecular formula is C28H30BrNO6. The Kier molecular flexibility index (Phi) is 10.5. The van der Waals surface area contributed by atoms with Gasteiger partial charge in [-0.25, -0.2) is 0 Å². The number of phenols is 1. The number of halogens is 1. The van der Waals surface area contributed by atoms with Crippen LogP contribution in [-0.2, 0) is 22.6 Å². The van der Waals surface area contributed by atoms with Crippen molar-refractivity contribution in [1.29, 1.82) is 0 Å². The number of ketones is 1. The number of phenolic OH excluding ortho intramolecular Hbond substituents is 1. The third kappa shape index (κ3) is 7.66. The number of methoxy groups -OCH3 is 2. The number of nitrogens with zero attached hydrogens (tertiary/aromatic N) is 1. The van der Waals surface area contributed by atoms with Crippen molar-refractivity contribution in [2.24, 2.45) is 0 Å². The van der Waals surface area contributed by atoms with E-state index in [9.17, 15) is 9.90 Å². The molecule has 0 atom stereocenters. The van der Waals surface area contributed by atoms with Crippen LogP contribution < -0.4 is 9.47 Å². The van der Waals surface area contributed by atoms with E-state index in [1.54, 1.807) is 12.1 Å². The highest BCUT2D eigenvalue weighted by molar-refractivity contribution is 9.10. The molecule has 0 fully saturated rings. The number of ether oxygens (including phenoxy) is 4. The first-order chi connectivity index (χ1) is 17.4. The first kappa shape index (κ1) is 27.4. The molecule has 0 aromatic heterocycles. The second-order valence-electron chi connectivity index (χ2n) is 8.09. The topological polar surface area (TPSA) is 77.5 Å². The summed E-state index contributed by atoms with van der Waals surface area (Å²) in [6, 6.07) is 19.1. The molecule has 8 heteroatoms. The highest BCUT2D eigenvalue weighted by Crippen LogP contribution is 2.40. The largest absolute Gasteiger partial charge is 0.507 e. The SMILES string of the molecule is COCOc1cc(OCOC)c(C(=O)/C=C/c2cccc(Br)c2)c(O)c1CN(C)Cc1ccccc1. The van der Waals surface area contributed by atoms with Gasteiger partial charge in [0, 0.05) is 37.8 Å². The Balaban J connectivity index is 1.99. The van der Waals surface area contributed by atoms with E-state index in [1.807, 2.05) is 66.5 Å². The first-order valence-electron chi connectivity index (χ1n) is 11.3. The number of allylic oxidation sites excluding steroid dienone is 1. The molecule has 0 radical (unpaired) electrons. The summed E-state index contributed by atoms with van der Waals surface area (Å²) < 4.78 is 22.4. The summed E-state index contributed by atoms with van der Waals surface area (Å²) in [5.74, 6) is -0.117. The molecule has 0 aliphatic heterocycles. The Morgan fingerprint density at radius 1 is 0.944 bits per heavy atom. The number of hydrogen-bond donors (Lipinski definition) is 1. The lowest BCUT2D eigenvalue weighted by atomic mass is 10.0. The Labute approximate surface area is 220 Å². The van der Waals surface area contributed by atoms with E-state index in [1.165, 1.54) is 20.3 Å². The van der Waals surface area contributed by atoms with Crippen molar-refractivity contribution in [3.8, 4) is 17.2 Å². The molecule has 3 aromatic rings. The van der Waals surface area contributed by atoms with Gasteiger partial charge in [-0.1, -0.05) is 64.5 Å². The van der Waals surface area contributed by atoms with E-state index in [0.29, 0.717) is 24.4 Å². The van der Waals surface area contributed by atoms with Crippen molar-refractivity contribution in [3.63, 3.8) is 0 Å². The smallest absolute Gasteiger partial charge is 0.193 e. The van der Waals surface area contributed by atoms with Crippen LogP contribution in [0.4, 0.5) is 0 Å². The van der Waals surface area contributed by atoms with Crippen LogP contribution in [0.5, 0.6) is 17.2 Å². The van der Waals surface area contributed by atoms with Gasteiger partial charge in [0.2, 0.25) is 0 Å². The highest BCUT2D eigenvalue weighted by Gasteiger charge is 2.25. The van der Waals surface area contributed by atoms with Gasteiger partial charge in [-0.2, -0.15) is 0 Å². The van der Waals surface area contributed by atoms with Crippen molar-refractivity contribution in [2.45, 2.75) is 13.1 Å². The van der Waals surface area contributed by atoms with E-state index < -0.39 is 5.78 Å². The zero-order valence-electron chi connectivity index (χ0n) is 20.6. The molecule has 0 heterocycles. The average molecular weight is 556 g/mol. The molecular weight excluding hydrogens is 526 g/mol. The van der Waals surface area contributed by atoms with Gasteiger partial charge in [-0.05, 0) is 36.4 Å². The molecule has 0 saturated carbocycles. The number of aromatic hydroxyl groups is 1.